The van der Waals surface area contributed by atoms with E-state index in [-0.39, 0.29) is 24.4 Å². The number of carbonyl (C=O) groups is 1. The summed E-state index contributed by atoms with van der Waals surface area (Å²) in [6.07, 6.45) is -5.12. The third-order valence-corrected chi connectivity index (χ3v) is 4.48. The predicted molar refractivity (Wildman–Crippen MR) is 98.5 cm³/mol. The first-order valence-corrected chi connectivity index (χ1v) is 9.39. The van der Waals surface area contributed by atoms with Gasteiger partial charge in [-0.15, -0.1) is 13.2 Å². The van der Waals surface area contributed by atoms with Crippen molar-refractivity contribution in [2.45, 2.75) is 52.2 Å². The summed E-state index contributed by atoms with van der Waals surface area (Å²) in [4.78, 5) is 15.9. The highest BCUT2D eigenvalue weighted by Gasteiger charge is 2.34. The molecule has 1 saturated heterocycles. The molecule has 1 aliphatic rings. The van der Waals surface area contributed by atoms with E-state index >= 15 is 0 Å². The largest absolute Gasteiger partial charge is 0.573 e. The van der Waals surface area contributed by atoms with Gasteiger partial charge in [-0.2, -0.15) is 0 Å². The lowest BCUT2D eigenvalue weighted by atomic mass is 10.1. The minimum atomic E-state index is -4.74. The Morgan fingerprint density at radius 2 is 1.93 bits per heavy atom. The summed E-state index contributed by atoms with van der Waals surface area (Å²) < 4.78 is 48.1. The summed E-state index contributed by atoms with van der Waals surface area (Å²) in [6, 6.07) is 4.31. The lowest BCUT2D eigenvalue weighted by Crippen LogP contribution is -2.54. The molecular weight excluding hydrogens is 429 g/mol. The molecule has 1 atom stereocenters. The number of ether oxygens (including phenoxy) is 2. The number of amides is 1. The van der Waals surface area contributed by atoms with Gasteiger partial charge in [-0.1, -0.05) is 15.9 Å². The van der Waals surface area contributed by atoms with Gasteiger partial charge in [0, 0.05) is 42.3 Å². The smallest absolute Gasteiger partial charge is 0.444 e. The number of alkyl halides is 3. The molecule has 152 valence electrons. The van der Waals surface area contributed by atoms with Crippen molar-refractivity contribution in [3.05, 3.63) is 28.2 Å². The predicted octanol–water partition coefficient (Wildman–Crippen LogP) is 4.79. The van der Waals surface area contributed by atoms with Crippen LogP contribution in [-0.2, 0) is 11.3 Å². The third-order valence-electron chi connectivity index (χ3n) is 3.98. The monoisotopic (exact) mass is 452 g/mol. The van der Waals surface area contributed by atoms with E-state index in [2.05, 4.69) is 20.7 Å². The number of piperazine rings is 1. The highest BCUT2D eigenvalue weighted by molar-refractivity contribution is 9.10. The zero-order valence-corrected chi connectivity index (χ0v) is 17.4. The van der Waals surface area contributed by atoms with Gasteiger partial charge in [-0.3, -0.25) is 4.90 Å². The Morgan fingerprint density at radius 1 is 1.26 bits per heavy atom. The molecule has 9 heteroatoms. The summed E-state index contributed by atoms with van der Waals surface area (Å²) in [5.74, 6) is -0.215. The van der Waals surface area contributed by atoms with E-state index in [0.717, 1.165) is 0 Å². The highest BCUT2D eigenvalue weighted by atomic mass is 79.9. The van der Waals surface area contributed by atoms with Gasteiger partial charge in [0.1, 0.15) is 11.4 Å². The second-order valence-electron chi connectivity index (χ2n) is 7.56. The molecule has 0 saturated carbocycles. The number of nitrogens with zero attached hydrogens (tertiary/aromatic N) is 2. The summed E-state index contributed by atoms with van der Waals surface area (Å²) in [6.45, 7) is 9.10. The first kappa shape index (κ1) is 21.8. The molecule has 1 heterocycles. The average molecular weight is 453 g/mol. The minimum absolute atomic E-state index is 0.118. The molecule has 0 aromatic heterocycles. The number of hydrogen-bond acceptors (Lipinski definition) is 4. The molecule has 1 unspecified atom stereocenters. The van der Waals surface area contributed by atoms with Gasteiger partial charge in [0.15, 0.2) is 0 Å². The molecule has 2 rings (SSSR count). The van der Waals surface area contributed by atoms with Crippen LogP contribution < -0.4 is 4.74 Å². The van der Waals surface area contributed by atoms with E-state index in [1.54, 1.807) is 31.7 Å². The molecule has 5 nitrogen and oxygen atoms in total. The molecule has 0 bridgehead atoms. The molecule has 1 fully saturated rings. The molecule has 0 N–H and O–H groups in total. The second kappa shape index (κ2) is 8.26. The molecule has 0 aliphatic carbocycles. The maximum Gasteiger partial charge on any atom is 0.573 e. The van der Waals surface area contributed by atoms with Crippen LogP contribution >= 0.6 is 15.9 Å². The van der Waals surface area contributed by atoms with Crippen molar-refractivity contribution in [3.63, 3.8) is 0 Å². The fraction of sp³-hybridized carbons (Fsp3) is 0.611. The van der Waals surface area contributed by atoms with Crippen LogP contribution in [0, 0.1) is 0 Å². The van der Waals surface area contributed by atoms with Crippen LogP contribution in [0.2, 0.25) is 0 Å². The van der Waals surface area contributed by atoms with Crippen molar-refractivity contribution in [1.29, 1.82) is 0 Å². The highest BCUT2D eigenvalue weighted by Crippen LogP contribution is 2.30. The van der Waals surface area contributed by atoms with E-state index in [1.165, 1.54) is 12.1 Å². The number of rotatable bonds is 3. The number of carbonyl (C=O) groups excluding carboxylic acids is 1. The van der Waals surface area contributed by atoms with E-state index < -0.39 is 12.0 Å². The normalized spacial score (nSPS) is 19.1. The maximum atomic E-state index is 12.6. The first-order valence-electron chi connectivity index (χ1n) is 8.60. The second-order valence-corrected chi connectivity index (χ2v) is 8.47. The van der Waals surface area contributed by atoms with Gasteiger partial charge in [0.2, 0.25) is 0 Å². The van der Waals surface area contributed by atoms with Crippen molar-refractivity contribution in [1.82, 2.24) is 9.80 Å². The SMILES string of the molecule is CC1CN(Cc2cc(Br)ccc2OC(F)(F)F)CCN1C(=O)OC(C)(C)C. The molecule has 27 heavy (non-hydrogen) atoms. The fourth-order valence-corrected chi connectivity index (χ4v) is 3.31. The van der Waals surface area contributed by atoms with Gasteiger partial charge in [0.05, 0.1) is 0 Å². The molecule has 1 aliphatic heterocycles. The van der Waals surface area contributed by atoms with E-state index in [9.17, 15) is 18.0 Å². The van der Waals surface area contributed by atoms with Crippen LogP contribution in [0.3, 0.4) is 0 Å². The Balaban J connectivity index is 2.04. The number of halogens is 4. The Labute approximate surface area is 165 Å². The van der Waals surface area contributed by atoms with Gasteiger partial charge in [-0.05, 0) is 45.9 Å². The Morgan fingerprint density at radius 3 is 2.48 bits per heavy atom. The van der Waals surface area contributed by atoms with Crippen LogP contribution in [0.25, 0.3) is 0 Å². The van der Waals surface area contributed by atoms with E-state index in [0.29, 0.717) is 29.7 Å². The maximum absolute atomic E-state index is 12.6. The summed E-state index contributed by atoms with van der Waals surface area (Å²) in [5.41, 5.74) is -0.145. The van der Waals surface area contributed by atoms with Gasteiger partial charge < -0.3 is 14.4 Å². The number of hydrogen-bond donors (Lipinski definition) is 0. The standard InChI is InChI=1S/C18H24BrF3N2O3/c1-12-10-23(7-8-24(12)16(25)27-17(2,3)4)11-13-9-14(19)5-6-15(13)26-18(20,21)22/h5-6,9,12H,7-8,10-11H2,1-4H3. The van der Waals surface area contributed by atoms with Crippen LogP contribution in [-0.4, -0.2) is 53.5 Å². The Kier molecular flexibility index (Phi) is 6.68. The van der Waals surface area contributed by atoms with Crippen molar-refractivity contribution in [2.75, 3.05) is 19.6 Å². The van der Waals surface area contributed by atoms with Crippen LogP contribution in [0.1, 0.15) is 33.3 Å². The van der Waals surface area contributed by atoms with Gasteiger partial charge in [-0.25, -0.2) is 4.79 Å². The fourth-order valence-electron chi connectivity index (χ4n) is 2.91. The summed E-state index contributed by atoms with van der Waals surface area (Å²) in [7, 11) is 0. The zero-order chi connectivity index (χ0) is 20.4. The first-order chi connectivity index (χ1) is 12.3. The number of benzene rings is 1. The van der Waals surface area contributed by atoms with Gasteiger partial charge in [0.25, 0.3) is 0 Å². The Bertz CT molecular complexity index is 677. The zero-order valence-electron chi connectivity index (χ0n) is 15.8. The molecular formula is C18H24BrF3N2O3. The lowest BCUT2D eigenvalue weighted by molar-refractivity contribution is -0.275. The molecule has 1 aromatic carbocycles. The average Bonchev–Trinajstić information content (AvgIpc) is 2.47. The lowest BCUT2D eigenvalue weighted by Gasteiger charge is -2.40. The molecule has 0 radical (unpaired) electrons. The van der Waals surface area contributed by atoms with Crippen LogP contribution in [0.15, 0.2) is 22.7 Å². The van der Waals surface area contributed by atoms with Gasteiger partial charge >= 0.3 is 12.5 Å². The minimum Gasteiger partial charge on any atom is -0.444 e. The van der Waals surface area contributed by atoms with E-state index in [1.807, 2.05) is 11.8 Å². The quantitative estimate of drug-likeness (QED) is 0.660. The molecule has 1 amide bonds. The van der Waals surface area contributed by atoms with Crippen LogP contribution in [0.5, 0.6) is 5.75 Å². The third kappa shape index (κ3) is 6.88. The Hall–Kier alpha value is -1.48. The van der Waals surface area contributed by atoms with Crippen molar-refractivity contribution < 1.29 is 27.4 Å². The van der Waals surface area contributed by atoms with Crippen molar-refractivity contribution in [2.24, 2.45) is 0 Å². The van der Waals surface area contributed by atoms with E-state index in [4.69, 9.17) is 4.74 Å². The molecule has 1 aromatic rings. The topological polar surface area (TPSA) is 42.0 Å². The van der Waals surface area contributed by atoms with Crippen molar-refractivity contribution in [3.8, 4) is 5.75 Å². The molecule has 0 spiro atoms. The van der Waals surface area contributed by atoms with Crippen LogP contribution in [0.4, 0.5) is 18.0 Å². The van der Waals surface area contributed by atoms with Crippen molar-refractivity contribution >= 4 is 22.0 Å². The summed E-state index contributed by atoms with van der Waals surface area (Å²) in [5, 5.41) is 0. The summed E-state index contributed by atoms with van der Waals surface area (Å²) >= 11 is 3.28.